The summed E-state index contributed by atoms with van der Waals surface area (Å²) in [7, 11) is 0. The first-order valence-corrected chi connectivity index (χ1v) is 2.66. The van der Waals surface area contributed by atoms with Crippen molar-refractivity contribution in [2.75, 3.05) is 0 Å². The number of aliphatic carboxylic acids is 1. The van der Waals surface area contributed by atoms with Crippen LogP contribution in [0.4, 0.5) is 0 Å². The van der Waals surface area contributed by atoms with E-state index in [-0.39, 0.29) is 12.1 Å². The molecule has 0 radical (unpaired) electrons. The smallest absolute Gasteiger partial charge is 0.359 e. The zero-order valence-electron chi connectivity index (χ0n) is 5.46. The van der Waals surface area contributed by atoms with Crippen LogP contribution in [0.1, 0.15) is 13.3 Å². The molecule has 5 nitrogen and oxygen atoms in total. The van der Waals surface area contributed by atoms with Crippen LogP contribution in [-0.2, 0) is 4.79 Å². The minimum atomic E-state index is -1.38. The Bertz CT molecular complexity index is 185. The van der Waals surface area contributed by atoms with Crippen LogP contribution in [0.2, 0.25) is 0 Å². The van der Waals surface area contributed by atoms with E-state index >= 15 is 0 Å². The van der Waals surface area contributed by atoms with E-state index in [0.717, 1.165) is 0 Å². The lowest BCUT2D eigenvalue weighted by Crippen LogP contribution is -2.22. The van der Waals surface area contributed by atoms with Crippen LogP contribution in [-0.4, -0.2) is 27.7 Å². The van der Waals surface area contributed by atoms with Gasteiger partial charge in [0.2, 0.25) is 5.71 Å². The van der Waals surface area contributed by atoms with E-state index < -0.39 is 11.7 Å². The lowest BCUT2D eigenvalue weighted by atomic mass is 10.2. The maximum absolute atomic E-state index is 10.1. The second-order valence-corrected chi connectivity index (χ2v) is 1.59. The Morgan fingerprint density at radius 1 is 1.70 bits per heavy atom. The van der Waals surface area contributed by atoms with Gasteiger partial charge in [0.1, 0.15) is 0 Å². The third-order valence-corrected chi connectivity index (χ3v) is 0.942. The molecule has 0 rings (SSSR count). The predicted molar refractivity (Wildman–Crippen MR) is 34.9 cm³/mol. The molecule has 0 aliphatic carbocycles. The SMILES string of the molecule is CCC(=N)/C(=N\O)C(=O)O. The van der Waals surface area contributed by atoms with E-state index in [0.29, 0.717) is 0 Å². The lowest BCUT2D eigenvalue weighted by Gasteiger charge is -1.95. The Morgan fingerprint density at radius 3 is 2.30 bits per heavy atom. The van der Waals surface area contributed by atoms with Gasteiger partial charge in [-0.05, 0) is 6.42 Å². The number of hydrogen-bond acceptors (Lipinski definition) is 4. The highest BCUT2D eigenvalue weighted by Gasteiger charge is 2.13. The van der Waals surface area contributed by atoms with Crippen molar-refractivity contribution in [2.45, 2.75) is 13.3 Å². The summed E-state index contributed by atoms with van der Waals surface area (Å²) in [6.45, 7) is 1.61. The van der Waals surface area contributed by atoms with Gasteiger partial charge >= 0.3 is 5.97 Å². The number of rotatable bonds is 3. The summed E-state index contributed by atoms with van der Waals surface area (Å²) >= 11 is 0. The predicted octanol–water partition coefficient (Wildman–Crippen LogP) is 0.331. The highest BCUT2D eigenvalue weighted by molar-refractivity contribution is 6.64. The largest absolute Gasteiger partial charge is 0.476 e. The van der Waals surface area contributed by atoms with E-state index in [1.54, 1.807) is 6.92 Å². The summed E-state index contributed by atoms with van der Waals surface area (Å²) in [5, 5.41) is 25.7. The number of carboxylic acids is 1. The molecule has 0 saturated heterocycles. The third-order valence-electron chi connectivity index (χ3n) is 0.942. The standard InChI is InChI=1S/C5H8N2O3/c1-2-3(6)4(7-10)5(8)9/h6,10H,2H2,1H3,(H,8,9)/b6-3?,7-4+. The fourth-order valence-electron chi connectivity index (χ4n) is 0.400. The fraction of sp³-hybridized carbons (Fsp3) is 0.400. The first-order chi connectivity index (χ1) is 4.63. The molecule has 0 fully saturated rings. The van der Waals surface area contributed by atoms with Gasteiger partial charge in [-0.2, -0.15) is 0 Å². The average Bonchev–Trinajstić information content (AvgIpc) is 1.88. The Morgan fingerprint density at radius 2 is 2.20 bits per heavy atom. The third kappa shape index (κ3) is 1.85. The summed E-state index contributed by atoms with van der Waals surface area (Å²) in [4.78, 5) is 10.1. The van der Waals surface area contributed by atoms with E-state index in [1.165, 1.54) is 0 Å². The van der Waals surface area contributed by atoms with E-state index in [9.17, 15) is 4.79 Å². The fourth-order valence-corrected chi connectivity index (χ4v) is 0.400. The number of hydrogen-bond donors (Lipinski definition) is 3. The van der Waals surface area contributed by atoms with Crippen LogP contribution in [0.3, 0.4) is 0 Å². The van der Waals surface area contributed by atoms with Gasteiger partial charge in [-0.1, -0.05) is 12.1 Å². The number of carboxylic acid groups (broad SMARTS) is 1. The molecular formula is C5H8N2O3. The molecule has 0 amide bonds. The first kappa shape index (κ1) is 8.61. The van der Waals surface area contributed by atoms with Gasteiger partial charge in [0.15, 0.2) is 0 Å². The van der Waals surface area contributed by atoms with E-state index in [1.807, 2.05) is 0 Å². The van der Waals surface area contributed by atoms with Crippen LogP contribution in [0.5, 0.6) is 0 Å². The second kappa shape index (κ2) is 3.60. The molecule has 0 heterocycles. The number of nitrogens with one attached hydrogen (secondary N) is 1. The van der Waals surface area contributed by atoms with Crippen molar-refractivity contribution in [3.05, 3.63) is 0 Å². The molecule has 10 heavy (non-hydrogen) atoms. The van der Waals surface area contributed by atoms with Crippen LogP contribution in [0.15, 0.2) is 5.16 Å². The molecule has 0 aromatic carbocycles. The normalized spacial score (nSPS) is 11.1. The van der Waals surface area contributed by atoms with Crippen LogP contribution >= 0.6 is 0 Å². The van der Waals surface area contributed by atoms with Gasteiger partial charge in [0.25, 0.3) is 0 Å². The zero-order chi connectivity index (χ0) is 8.15. The Labute approximate surface area is 57.5 Å². The minimum absolute atomic E-state index is 0.185. The molecule has 0 aliphatic rings. The highest BCUT2D eigenvalue weighted by atomic mass is 16.4. The maximum Gasteiger partial charge on any atom is 0.359 e. The molecule has 0 spiro atoms. The molecule has 5 heteroatoms. The lowest BCUT2D eigenvalue weighted by molar-refractivity contribution is -0.129. The molecule has 0 bridgehead atoms. The minimum Gasteiger partial charge on any atom is -0.476 e. The van der Waals surface area contributed by atoms with Crippen molar-refractivity contribution in [3.8, 4) is 0 Å². The summed E-state index contributed by atoms with van der Waals surface area (Å²) in [5.41, 5.74) is -0.780. The van der Waals surface area contributed by atoms with Crippen molar-refractivity contribution in [1.82, 2.24) is 0 Å². The monoisotopic (exact) mass is 144 g/mol. The second-order valence-electron chi connectivity index (χ2n) is 1.59. The van der Waals surface area contributed by atoms with E-state index in [4.69, 9.17) is 15.7 Å². The van der Waals surface area contributed by atoms with Crippen molar-refractivity contribution >= 4 is 17.4 Å². The summed E-state index contributed by atoms with van der Waals surface area (Å²) in [5.74, 6) is -1.38. The van der Waals surface area contributed by atoms with Gasteiger partial charge < -0.3 is 15.7 Å². The van der Waals surface area contributed by atoms with Gasteiger partial charge in [0, 0.05) is 0 Å². The Kier molecular flexibility index (Phi) is 3.10. The van der Waals surface area contributed by atoms with Gasteiger partial charge in [-0.3, -0.25) is 0 Å². The first-order valence-electron chi connectivity index (χ1n) is 2.66. The zero-order valence-corrected chi connectivity index (χ0v) is 5.46. The summed E-state index contributed by atoms with van der Waals surface area (Å²) in [6.07, 6.45) is 0.242. The summed E-state index contributed by atoms with van der Waals surface area (Å²) in [6, 6.07) is 0. The highest BCUT2D eigenvalue weighted by Crippen LogP contribution is 1.87. The molecule has 0 aliphatic heterocycles. The van der Waals surface area contributed by atoms with Gasteiger partial charge in [-0.15, -0.1) is 0 Å². The molecular weight excluding hydrogens is 136 g/mol. The Hall–Kier alpha value is -1.39. The molecule has 0 unspecified atom stereocenters. The summed E-state index contributed by atoms with van der Waals surface area (Å²) < 4.78 is 0. The van der Waals surface area contributed by atoms with Gasteiger partial charge in [0.05, 0.1) is 5.71 Å². The molecule has 3 N–H and O–H groups in total. The van der Waals surface area contributed by atoms with Crippen LogP contribution < -0.4 is 0 Å². The Balaban J connectivity index is 4.39. The molecule has 0 aromatic rings. The van der Waals surface area contributed by atoms with Crippen molar-refractivity contribution in [2.24, 2.45) is 5.16 Å². The van der Waals surface area contributed by atoms with E-state index in [2.05, 4.69) is 5.16 Å². The number of nitrogens with zero attached hydrogens (tertiary/aromatic N) is 1. The van der Waals surface area contributed by atoms with Crippen LogP contribution in [0.25, 0.3) is 0 Å². The average molecular weight is 144 g/mol. The van der Waals surface area contributed by atoms with Crippen molar-refractivity contribution < 1.29 is 15.1 Å². The molecule has 56 valence electrons. The quantitative estimate of drug-likeness (QED) is 0.302. The molecule has 0 aromatic heterocycles. The topological polar surface area (TPSA) is 93.7 Å². The van der Waals surface area contributed by atoms with Crippen molar-refractivity contribution in [1.29, 1.82) is 5.41 Å². The van der Waals surface area contributed by atoms with Crippen molar-refractivity contribution in [3.63, 3.8) is 0 Å². The van der Waals surface area contributed by atoms with Crippen LogP contribution in [0, 0.1) is 5.41 Å². The number of oxime groups is 1. The van der Waals surface area contributed by atoms with Gasteiger partial charge in [-0.25, -0.2) is 4.79 Å². The number of carbonyl (C=O) groups is 1. The maximum atomic E-state index is 10.1. The molecule has 0 saturated carbocycles. The molecule has 0 atom stereocenters.